The average molecular weight is 303 g/mol. The maximum absolute atomic E-state index is 12.6. The number of hydrogen-bond donors (Lipinski definition) is 1. The van der Waals surface area contributed by atoms with Crippen molar-refractivity contribution in [3.8, 4) is 11.3 Å². The highest BCUT2D eigenvalue weighted by Gasteiger charge is 2.30. The van der Waals surface area contributed by atoms with Crippen molar-refractivity contribution in [3.63, 3.8) is 0 Å². The minimum atomic E-state index is -4.34. The zero-order valence-electron chi connectivity index (χ0n) is 11.6. The Balaban J connectivity index is 2.15. The summed E-state index contributed by atoms with van der Waals surface area (Å²) in [6, 6.07) is 12.4. The van der Waals surface area contributed by atoms with Crippen LogP contribution >= 0.6 is 0 Å². The Morgan fingerprint density at radius 2 is 1.50 bits per heavy atom. The molecule has 0 fully saturated rings. The molecule has 3 rings (SSSR count). The summed E-state index contributed by atoms with van der Waals surface area (Å²) in [5.41, 5.74) is 0.475. The molecule has 0 bridgehead atoms. The topological polar surface area (TPSA) is 37.8 Å². The van der Waals surface area contributed by atoms with Gasteiger partial charge in [0.2, 0.25) is 0 Å². The molecular formula is C16H12F3N3. The van der Waals surface area contributed by atoms with E-state index in [2.05, 4.69) is 15.5 Å². The van der Waals surface area contributed by atoms with Gasteiger partial charge in [-0.05, 0) is 12.1 Å². The SMILES string of the molecule is CNc1nnc(-c2ccc(C(F)(F)F)cc2)c2ccccc12. The summed E-state index contributed by atoms with van der Waals surface area (Å²) in [7, 11) is 1.74. The summed E-state index contributed by atoms with van der Waals surface area (Å²) in [6.07, 6.45) is -4.34. The van der Waals surface area contributed by atoms with Gasteiger partial charge in [-0.15, -0.1) is 10.2 Å². The molecule has 3 nitrogen and oxygen atoms in total. The first kappa shape index (κ1) is 14.3. The third kappa shape index (κ3) is 2.47. The van der Waals surface area contributed by atoms with Crippen LogP contribution in [0.4, 0.5) is 19.0 Å². The van der Waals surface area contributed by atoms with E-state index in [1.54, 1.807) is 7.05 Å². The van der Waals surface area contributed by atoms with Crippen molar-refractivity contribution in [3.05, 3.63) is 54.1 Å². The van der Waals surface area contributed by atoms with E-state index in [9.17, 15) is 13.2 Å². The third-order valence-corrected chi connectivity index (χ3v) is 3.41. The van der Waals surface area contributed by atoms with Crippen LogP contribution in [0.1, 0.15) is 5.56 Å². The monoisotopic (exact) mass is 303 g/mol. The number of benzene rings is 2. The summed E-state index contributed by atoms with van der Waals surface area (Å²) in [4.78, 5) is 0. The number of alkyl halides is 3. The summed E-state index contributed by atoms with van der Waals surface area (Å²) in [5, 5.41) is 12.9. The van der Waals surface area contributed by atoms with Crippen LogP contribution in [-0.4, -0.2) is 17.2 Å². The molecule has 0 spiro atoms. The molecule has 1 aromatic heterocycles. The molecule has 22 heavy (non-hydrogen) atoms. The van der Waals surface area contributed by atoms with Gasteiger partial charge in [-0.25, -0.2) is 0 Å². The number of hydrogen-bond acceptors (Lipinski definition) is 3. The fourth-order valence-electron chi connectivity index (χ4n) is 2.32. The molecule has 0 amide bonds. The Hall–Kier alpha value is -2.63. The van der Waals surface area contributed by atoms with Crippen LogP contribution in [0.25, 0.3) is 22.0 Å². The Bertz CT molecular complexity index is 811. The first-order valence-electron chi connectivity index (χ1n) is 6.61. The lowest BCUT2D eigenvalue weighted by Gasteiger charge is -2.10. The second kappa shape index (κ2) is 5.29. The van der Waals surface area contributed by atoms with E-state index < -0.39 is 11.7 Å². The van der Waals surface area contributed by atoms with Crippen molar-refractivity contribution < 1.29 is 13.2 Å². The van der Waals surface area contributed by atoms with Gasteiger partial charge in [0.1, 0.15) is 5.69 Å². The van der Waals surface area contributed by atoms with Crippen LogP contribution in [0.2, 0.25) is 0 Å². The number of nitrogens with zero attached hydrogens (tertiary/aromatic N) is 2. The van der Waals surface area contributed by atoms with Crippen LogP contribution < -0.4 is 5.32 Å². The number of fused-ring (bicyclic) bond motifs is 1. The van der Waals surface area contributed by atoms with Crippen molar-refractivity contribution in [2.75, 3.05) is 12.4 Å². The predicted molar refractivity (Wildman–Crippen MR) is 79.5 cm³/mol. The highest BCUT2D eigenvalue weighted by atomic mass is 19.4. The third-order valence-electron chi connectivity index (χ3n) is 3.41. The van der Waals surface area contributed by atoms with Crippen LogP contribution in [0, 0.1) is 0 Å². The van der Waals surface area contributed by atoms with Gasteiger partial charge in [0.15, 0.2) is 5.82 Å². The standard InChI is InChI=1S/C16H12F3N3/c1-20-15-13-5-3-2-4-12(13)14(21-22-15)10-6-8-11(9-7-10)16(17,18)19/h2-9H,1H3,(H,20,22). The molecular weight excluding hydrogens is 291 g/mol. The average Bonchev–Trinajstić information content (AvgIpc) is 2.53. The minimum Gasteiger partial charge on any atom is -0.371 e. The first-order valence-corrected chi connectivity index (χ1v) is 6.61. The molecule has 1 heterocycles. The van der Waals surface area contributed by atoms with Gasteiger partial charge in [0.05, 0.1) is 5.56 Å². The van der Waals surface area contributed by atoms with Crippen LogP contribution in [-0.2, 0) is 6.18 Å². The van der Waals surface area contributed by atoms with E-state index in [1.165, 1.54) is 12.1 Å². The largest absolute Gasteiger partial charge is 0.416 e. The molecule has 0 atom stereocenters. The Labute approximate surface area is 124 Å². The van der Waals surface area contributed by atoms with Crippen molar-refractivity contribution in [2.24, 2.45) is 0 Å². The molecule has 0 saturated carbocycles. The molecule has 0 unspecified atom stereocenters. The molecule has 0 aliphatic rings. The fraction of sp³-hybridized carbons (Fsp3) is 0.125. The first-order chi connectivity index (χ1) is 10.5. The molecule has 6 heteroatoms. The van der Waals surface area contributed by atoms with Crippen molar-refractivity contribution in [1.82, 2.24) is 10.2 Å². The molecule has 3 aromatic rings. The van der Waals surface area contributed by atoms with Gasteiger partial charge in [-0.3, -0.25) is 0 Å². The maximum Gasteiger partial charge on any atom is 0.416 e. The molecule has 0 aliphatic carbocycles. The lowest BCUT2D eigenvalue weighted by Crippen LogP contribution is -2.04. The van der Waals surface area contributed by atoms with Gasteiger partial charge in [-0.2, -0.15) is 13.2 Å². The van der Waals surface area contributed by atoms with Gasteiger partial charge in [0, 0.05) is 23.4 Å². The van der Waals surface area contributed by atoms with Crippen LogP contribution in [0.15, 0.2) is 48.5 Å². The number of halogens is 3. The smallest absolute Gasteiger partial charge is 0.371 e. The fourth-order valence-corrected chi connectivity index (χ4v) is 2.32. The Morgan fingerprint density at radius 3 is 2.09 bits per heavy atom. The molecule has 0 saturated heterocycles. The highest BCUT2D eigenvalue weighted by molar-refractivity contribution is 5.99. The Morgan fingerprint density at radius 1 is 0.864 bits per heavy atom. The summed E-state index contributed by atoms with van der Waals surface area (Å²) in [6.45, 7) is 0. The normalized spacial score (nSPS) is 11.6. The van der Waals surface area contributed by atoms with E-state index in [4.69, 9.17) is 0 Å². The Kier molecular flexibility index (Phi) is 3.44. The highest BCUT2D eigenvalue weighted by Crippen LogP contribution is 2.33. The summed E-state index contributed by atoms with van der Waals surface area (Å²) in [5.74, 6) is 0.631. The van der Waals surface area contributed by atoms with Crippen LogP contribution in [0.5, 0.6) is 0 Å². The summed E-state index contributed by atoms with van der Waals surface area (Å²) < 4.78 is 37.9. The zero-order valence-corrected chi connectivity index (χ0v) is 11.6. The van der Waals surface area contributed by atoms with E-state index in [0.717, 1.165) is 22.9 Å². The summed E-state index contributed by atoms with van der Waals surface area (Å²) >= 11 is 0. The van der Waals surface area contributed by atoms with Gasteiger partial charge in [0.25, 0.3) is 0 Å². The quantitative estimate of drug-likeness (QED) is 0.764. The number of nitrogens with one attached hydrogen (secondary N) is 1. The molecule has 2 aromatic carbocycles. The van der Waals surface area contributed by atoms with Crippen molar-refractivity contribution in [2.45, 2.75) is 6.18 Å². The van der Waals surface area contributed by atoms with Gasteiger partial charge in [-0.1, -0.05) is 36.4 Å². The second-order valence-corrected chi connectivity index (χ2v) is 4.77. The molecule has 112 valence electrons. The lowest BCUT2D eigenvalue weighted by molar-refractivity contribution is -0.137. The van der Waals surface area contributed by atoms with Crippen molar-refractivity contribution in [1.29, 1.82) is 0 Å². The van der Waals surface area contributed by atoms with Gasteiger partial charge < -0.3 is 5.32 Å². The van der Waals surface area contributed by atoms with Gasteiger partial charge >= 0.3 is 6.18 Å². The zero-order chi connectivity index (χ0) is 15.7. The van der Waals surface area contributed by atoms with Crippen molar-refractivity contribution >= 4 is 16.6 Å². The number of aromatic nitrogens is 2. The maximum atomic E-state index is 12.6. The minimum absolute atomic E-state index is 0.559. The molecule has 0 radical (unpaired) electrons. The van der Waals surface area contributed by atoms with E-state index >= 15 is 0 Å². The van der Waals surface area contributed by atoms with E-state index in [-0.39, 0.29) is 0 Å². The molecule has 1 N–H and O–H groups in total. The number of anilines is 1. The van der Waals surface area contributed by atoms with E-state index in [1.807, 2.05) is 24.3 Å². The van der Waals surface area contributed by atoms with Crippen LogP contribution in [0.3, 0.4) is 0 Å². The number of rotatable bonds is 2. The van der Waals surface area contributed by atoms with E-state index in [0.29, 0.717) is 17.1 Å². The lowest BCUT2D eigenvalue weighted by atomic mass is 10.0. The predicted octanol–water partition coefficient (Wildman–Crippen LogP) is 4.36. The molecule has 0 aliphatic heterocycles. The second-order valence-electron chi connectivity index (χ2n) is 4.77.